The fourth-order valence-electron chi connectivity index (χ4n) is 1.82. The van der Waals surface area contributed by atoms with Crippen LogP contribution in [-0.2, 0) is 9.59 Å². The van der Waals surface area contributed by atoms with Crippen molar-refractivity contribution < 1.29 is 22.8 Å². The predicted octanol–water partition coefficient (Wildman–Crippen LogP) is 1.09. The molecule has 1 N–H and O–H groups in total. The van der Waals surface area contributed by atoms with E-state index in [0.717, 1.165) is 0 Å². The van der Waals surface area contributed by atoms with Crippen molar-refractivity contribution in [3.05, 3.63) is 12.7 Å². The van der Waals surface area contributed by atoms with Gasteiger partial charge in [0.25, 0.3) is 0 Å². The molecular weight excluding hydrogens is 249 g/mol. The van der Waals surface area contributed by atoms with E-state index in [0.29, 0.717) is 25.9 Å². The second-order valence-electron chi connectivity index (χ2n) is 4.18. The summed E-state index contributed by atoms with van der Waals surface area (Å²) in [6.07, 6.45) is -2.46. The third-order valence-electron chi connectivity index (χ3n) is 2.91. The number of nitrogens with zero attached hydrogens (tertiary/aromatic N) is 1. The summed E-state index contributed by atoms with van der Waals surface area (Å²) in [6, 6.07) is 0. The zero-order valence-corrected chi connectivity index (χ0v) is 9.79. The molecule has 0 aromatic heterocycles. The number of hydrogen-bond donors (Lipinski definition) is 1. The van der Waals surface area contributed by atoms with Gasteiger partial charge in [-0.2, -0.15) is 13.2 Å². The first kappa shape index (κ1) is 14.5. The molecule has 0 saturated carbocycles. The molecule has 1 aliphatic heterocycles. The first-order chi connectivity index (χ1) is 8.34. The molecule has 2 amide bonds. The average molecular weight is 264 g/mol. The van der Waals surface area contributed by atoms with Crippen LogP contribution in [0.25, 0.3) is 0 Å². The molecule has 0 aromatic rings. The summed E-state index contributed by atoms with van der Waals surface area (Å²) in [4.78, 5) is 23.5. The Morgan fingerprint density at radius 2 is 1.89 bits per heavy atom. The largest absolute Gasteiger partial charge is 0.471 e. The highest BCUT2D eigenvalue weighted by Crippen LogP contribution is 2.18. The number of halogens is 3. The number of carbonyl (C=O) groups is 2. The number of hydrogen-bond acceptors (Lipinski definition) is 2. The number of carbonyl (C=O) groups excluding carboxylic acids is 2. The van der Waals surface area contributed by atoms with Crippen LogP contribution >= 0.6 is 0 Å². The van der Waals surface area contributed by atoms with Crippen molar-refractivity contribution in [3.63, 3.8) is 0 Å². The van der Waals surface area contributed by atoms with E-state index in [1.54, 1.807) is 4.90 Å². The second kappa shape index (κ2) is 5.88. The lowest BCUT2D eigenvalue weighted by Crippen LogP contribution is -2.43. The SMILES string of the molecule is C=CC(=O)N1CCC(CNC(=O)C(F)(F)F)CC1. The van der Waals surface area contributed by atoms with Crippen LogP contribution in [0.2, 0.25) is 0 Å². The van der Waals surface area contributed by atoms with Crippen molar-refractivity contribution in [3.8, 4) is 0 Å². The lowest BCUT2D eigenvalue weighted by Gasteiger charge is -2.31. The molecule has 7 heteroatoms. The van der Waals surface area contributed by atoms with Gasteiger partial charge >= 0.3 is 12.1 Å². The lowest BCUT2D eigenvalue weighted by atomic mass is 9.96. The molecule has 1 saturated heterocycles. The first-order valence-electron chi connectivity index (χ1n) is 5.61. The monoisotopic (exact) mass is 264 g/mol. The number of alkyl halides is 3. The van der Waals surface area contributed by atoms with E-state index in [9.17, 15) is 22.8 Å². The van der Waals surface area contributed by atoms with Gasteiger partial charge in [0.2, 0.25) is 5.91 Å². The molecule has 0 spiro atoms. The van der Waals surface area contributed by atoms with Crippen LogP contribution in [0, 0.1) is 5.92 Å². The molecule has 18 heavy (non-hydrogen) atoms. The Morgan fingerprint density at radius 3 is 2.33 bits per heavy atom. The van der Waals surface area contributed by atoms with E-state index >= 15 is 0 Å². The third-order valence-corrected chi connectivity index (χ3v) is 2.91. The van der Waals surface area contributed by atoms with Gasteiger partial charge in [0.1, 0.15) is 0 Å². The number of amides is 2. The van der Waals surface area contributed by atoms with Crippen LogP contribution in [-0.4, -0.2) is 42.5 Å². The molecule has 0 bridgehead atoms. The molecular formula is C11H15F3N2O2. The Labute approximate surface area is 103 Å². The quantitative estimate of drug-likeness (QED) is 0.776. The summed E-state index contributed by atoms with van der Waals surface area (Å²) >= 11 is 0. The predicted molar refractivity (Wildman–Crippen MR) is 58.6 cm³/mol. The average Bonchev–Trinajstić information content (AvgIpc) is 2.34. The smallest absolute Gasteiger partial charge is 0.348 e. The molecule has 1 fully saturated rings. The van der Waals surface area contributed by atoms with Crippen molar-refractivity contribution >= 4 is 11.8 Å². The third kappa shape index (κ3) is 4.05. The number of piperidine rings is 1. The van der Waals surface area contributed by atoms with Gasteiger partial charge in [-0.1, -0.05) is 6.58 Å². The van der Waals surface area contributed by atoms with Gasteiger partial charge in [0.15, 0.2) is 0 Å². The maximum absolute atomic E-state index is 11.9. The molecule has 102 valence electrons. The van der Waals surface area contributed by atoms with E-state index in [1.807, 2.05) is 5.32 Å². The molecule has 0 aromatic carbocycles. The lowest BCUT2D eigenvalue weighted by molar-refractivity contribution is -0.173. The Bertz CT molecular complexity index is 334. The molecule has 1 rings (SSSR count). The van der Waals surface area contributed by atoms with Gasteiger partial charge in [-0.05, 0) is 24.8 Å². The highest BCUT2D eigenvalue weighted by Gasteiger charge is 2.38. The highest BCUT2D eigenvalue weighted by atomic mass is 19.4. The van der Waals surface area contributed by atoms with Gasteiger partial charge in [-0.25, -0.2) is 0 Å². The van der Waals surface area contributed by atoms with E-state index in [2.05, 4.69) is 6.58 Å². The summed E-state index contributed by atoms with van der Waals surface area (Å²) in [7, 11) is 0. The summed E-state index contributed by atoms with van der Waals surface area (Å²) < 4.78 is 35.8. The van der Waals surface area contributed by atoms with Crippen LogP contribution < -0.4 is 5.32 Å². The maximum atomic E-state index is 11.9. The van der Waals surface area contributed by atoms with Gasteiger partial charge in [-0.3, -0.25) is 9.59 Å². The number of likely N-dealkylation sites (tertiary alicyclic amines) is 1. The minimum atomic E-state index is -4.83. The van der Waals surface area contributed by atoms with Crippen molar-refractivity contribution in [2.75, 3.05) is 19.6 Å². The summed E-state index contributed by atoms with van der Waals surface area (Å²) in [5, 5.41) is 1.86. The van der Waals surface area contributed by atoms with Crippen molar-refractivity contribution in [2.24, 2.45) is 5.92 Å². The molecule has 1 heterocycles. The molecule has 0 aliphatic carbocycles. The van der Waals surface area contributed by atoms with Crippen molar-refractivity contribution in [1.82, 2.24) is 10.2 Å². The fraction of sp³-hybridized carbons (Fsp3) is 0.636. The molecule has 0 atom stereocenters. The second-order valence-corrected chi connectivity index (χ2v) is 4.18. The van der Waals surface area contributed by atoms with E-state index < -0.39 is 12.1 Å². The van der Waals surface area contributed by atoms with E-state index in [-0.39, 0.29) is 18.4 Å². The number of rotatable bonds is 3. The van der Waals surface area contributed by atoms with Crippen LogP contribution in [0.5, 0.6) is 0 Å². The molecule has 1 aliphatic rings. The standard InChI is InChI=1S/C11H15F3N2O2/c1-2-9(17)16-5-3-8(4-6-16)7-15-10(18)11(12,13)14/h2,8H,1,3-7H2,(H,15,18). The van der Waals surface area contributed by atoms with Crippen molar-refractivity contribution in [2.45, 2.75) is 19.0 Å². The van der Waals surface area contributed by atoms with Crippen LogP contribution in [0.1, 0.15) is 12.8 Å². The van der Waals surface area contributed by atoms with Crippen LogP contribution in [0.4, 0.5) is 13.2 Å². The zero-order valence-electron chi connectivity index (χ0n) is 9.79. The van der Waals surface area contributed by atoms with Gasteiger partial charge in [0, 0.05) is 19.6 Å². The van der Waals surface area contributed by atoms with E-state index in [1.165, 1.54) is 6.08 Å². The fourth-order valence-corrected chi connectivity index (χ4v) is 1.82. The molecule has 4 nitrogen and oxygen atoms in total. The normalized spacial score (nSPS) is 17.4. The maximum Gasteiger partial charge on any atom is 0.471 e. The topological polar surface area (TPSA) is 49.4 Å². The number of nitrogens with one attached hydrogen (secondary N) is 1. The Hall–Kier alpha value is -1.53. The van der Waals surface area contributed by atoms with Crippen LogP contribution in [0.3, 0.4) is 0 Å². The van der Waals surface area contributed by atoms with E-state index in [4.69, 9.17) is 0 Å². The Morgan fingerprint density at radius 1 is 1.33 bits per heavy atom. The van der Waals surface area contributed by atoms with Crippen LogP contribution in [0.15, 0.2) is 12.7 Å². The summed E-state index contributed by atoms with van der Waals surface area (Å²) in [6.45, 7) is 4.33. The van der Waals surface area contributed by atoms with Gasteiger partial charge in [-0.15, -0.1) is 0 Å². The molecule has 0 unspecified atom stereocenters. The van der Waals surface area contributed by atoms with Crippen molar-refractivity contribution in [1.29, 1.82) is 0 Å². The summed E-state index contributed by atoms with van der Waals surface area (Å²) in [5.74, 6) is -2.11. The van der Waals surface area contributed by atoms with Gasteiger partial charge in [0.05, 0.1) is 0 Å². The Kier molecular flexibility index (Phi) is 4.75. The zero-order chi connectivity index (χ0) is 13.8. The Balaban J connectivity index is 2.30. The summed E-state index contributed by atoms with van der Waals surface area (Å²) in [5.41, 5.74) is 0. The van der Waals surface area contributed by atoms with Gasteiger partial charge < -0.3 is 10.2 Å². The minimum absolute atomic E-state index is 0.00549. The first-order valence-corrected chi connectivity index (χ1v) is 5.61. The minimum Gasteiger partial charge on any atom is -0.348 e. The molecule has 0 radical (unpaired) electrons. The highest BCUT2D eigenvalue weighted by molar-refractivity contribution is 5.87.